The number of fused-ring (bicyclic) bond motifs is 2. The Balaban J connectivity index is 1.20. The molecule has 10 heteroatoms. The second-order valence-corrected chi connectivity index (χ2v) is 12.9. The molecule has 1 fully saturated rings. The lowest BCUT2D eigenvalue weighted by Gasteiger charge is -2.44. The summed E-state index contributed by atoms with van der Waals surface area (Å²) in [6, 6.07) is 9.85. The van der Waals surface area contributed by atoms with Crippen molar-refractivity contribution < 1.29 is 32.2 Å². The van der Waals surface area contributed by atoms with Crippen molar-refractivity contribution in [2.45, 2.75) is 58.3 Å². The van der Waals surface area contributed by atoms with E-state index in [2.05, 4.69) is 21.9 Å². The minimum Gasteiger partial charge on any atom is -0.492 e. The fourth-order valence-electron chi connectivity index (χ4n) is 6.83. The van der Waals surface area contributed by atoms with Gasteiger partial charge in [0.05, 0.1) is 19.3 Å². The molecular weight excluding hydrogens is 583 g/mol. The van der Waals surface area contributed by atoms with Gasteiger partial charge in [0.1, 0.15) is 36.3 Å². The van der Waals surface area contributed by atoms with Gasteiger partial charge in [-0.1, -0.05) is 24.3 Å². The number of rotatable bonds is 13. The fraction of sp³-hybridized carbons (Fsp3) is 0.571. The number of alkyl halides is 1. The van der Waals surface area contributed by atoms with E-state index in [1.807, 2.05) is 24.0 Å². The van der Waals surface area contributed by atoms with E-state index in [1.54, 1.807) is 6.92 Å². The van der Waals surface area contributed by atoms with Crippen LogP contribution in [0, 0.1) is 11.6 Å². The van der Waals surface area contributed by atoms with E-state index in [-0.39, 0.29) is 36.5 Å². The molecule has 0 aromatic heterocycles. The molecule has 246 valence electrons. The van der Waals surface area contributed by atoms with E-state index in [9.17, 15) is 4.79 Å². The van der Waals surface area contributed by atoms with Crippen molar-refractivity contribution in [2.24, 2.45) is 0 Å². The lowest BCUT2D eigenvalue weighted by atomic mass is 9.84. The summed E-state index contributed by atoms with van der Waals surface area (Å²) >= 11 is 0. The third-order valence-corrected chi connectivity index (χ3v) is 8.94. The van der Waals surface area contributed by atoms with Crippen LogP contribution in [-0.4, -0.2) is 105 Å². The first-order chi connectivity index (χ1) is 21.5. The summed E-state index contributed by atoms with van der Waals surface area (Å²) in [4.78, 5) is 17.8. The Kier molecular flexibility index (Phi) is 10.9. The molecule has 2 atom stereocenters. The standard InChI is InChI=1S/C35H46F3N3O4/c1-5-44-32(42)22-43-16-14-39-10-12-40(13-11-39)15-17-45-26-20-30(36)33(31(37)21-26)34-29-19-25-8-6-7-9-27(25)28(29)18-24(2)41(34)23-35(3,4)38/h6-9,20-21,24,34H,5,10-19,22-23H2,1-4H3/t24-,34+/m1/s1. The van der Waals surface area contributed by atoms with Crippen molar-refractivity contribution in [3.8, 4) is 5.75 Å². The molecule has 0 bridgehead atoms. The predicted octanol–water partition coefficient (Wildman–Crippen LogP) is 5.43. The zero-order valence-electron chi connectivity index (χ0n) is 26.9. The summed E-state index contributed by atoms with van der Waals surface area (Å²) in [5.41, 5.74) is 2.78. The van der Waals surface area contributed by atoms with E-state index in [0.717, 1.165) is 55.0 Å². The molecule has 0 amide bonds. The van der Waals surface area contributed by atoms with Crippen LogP contribution in [0.4, 0.5) is 13.2 Å². The summed E-state index contributed by atoms with van der Waals surface area (Å²) in [5, 5.41) is 0. The molecule has 2 aromatic carbocycles. The lowest BCUT2D eigenvalue weighted by molar-refractivity contribution is -0.148. The molecule has 2 heterocycles. The minimum atomic E-state index is -1.53. The Morgan fingerprint density at radius 1 is 1.00 bits per heavy atom. The SMILES string of the molecule is CCOC(=O)COCCN1CCN(CCOc2cc(F)c([C@@H]3C4=C(C[C@@H](C)N3CC(C)(C)F)c3ccccc3C4)c(F)c2)CC1. The van der Waals surface area contributed by atoms with Gasteiger partial charge in [0, 0.05) is 69.6 Å². The van der Waals surface area contributed by atoms with Crippen LogP contribution in [0.3, 0.4) is 0 Å². The molecule has 0 radical (unpaired) electrons. The highest BCUT2D eigenvalue weighted by Gasteiger charge is 2.43. The molecule has 2 aromatic rings. The molecule has 5 rings (SSSR count). The highest BCUT2D eigenvalue weighted by atomic mass is 19.1. The Labute approximate surface area is 264 Å². The van der Waals surface area contributed by atoms with Gasteiger partial charge in [-0.05, 0) is 62.8 Å². The second-order valence-electron chi connectivity index (χ2n) is 12.9. The molecule has 1 saturated heterocycles. The summed E-state index contributed by atoms with van der Waals surface area (Å²) < 4.78 is 63.0. The van der Waals surface area contributed by atoms with E-state index < -0.39 is 23.3 Å². The topological polar surface area (TPSA) is 54.5 Å². The van der Waals surface area contributed by atoms with Crippen LogP contribution >= 0.6 is 0 Å². The average Bonchev–Trinajstić information content (AvgIpc) is 3.35. The van der Waals surface area contributed by atoms with Crippen LogP contribution in [0.25, 0.3) is 5.57 Å². The monoisotopic (exact) mass is 629 g/mol. The molecular formula is C35H46F3N3O4. The molecule has 45 heavy (non-hydrogen) atoms. The van der Waals surface area contributed by atoms with Crippen molar-refractivity contribution in [1.29, 1.82) is 0 Å². The van der Waals surface area contributed by atoms with Crippen molar-refractivity contribution >= 4 is 11.5 Å². The first-order valence-corrected chi connectivity index (χ1v) is 16.1. The number of carbonyl (C=O) groups is 1. The maximum Gasteiger partial charge on any atom is 0.332 e. The summed E-state index contributed by atoms with van der Waals surface area (Å²) in [5.74, 6) is -1.55. The van der Waals surface area contributed by atoms with Crippen molar-refractivity contribution in [3.05, 3.63) is 70.3 Å². The quantitative estimate of drug-likeness (QED) is 0.216. The third-order valence-electron chi connectivity index (χ3n) is 8.94. The number of ether oxygens (including phenoxy) is 3. The third kappa shape index (κ3) is 8.27. The zero-order chi connectivity index (χ0) is 32.1. The van der Waals surface area contributed by atoms with Crippen LogP contribution in [0.2, 0.25) is 0 Å². The number of hydrogen-bond acceptors (Lipinski definition) is 7. The van der Waals surface area contributed by atoms with Gasteiger partial charge in [0.2, 0.25) is 0 Å². The van der Waals surface area contributed by atoms with Crippen LogP contribution in [-0.2, 0) is 20.7 Å². The minimum absolute atomic E-state index is 0.0334. The van der Waals surface area contributed by atoms with E-state index in [0.29, 0.717) is 39.2 Å². The largest absolute Gasteiger partial charge is 0.492 e. The average molecular weight is 630 g/mol. The van der Waals surface area contributed by atoms with Gasteiger partial charge in [0.25, 0.3) is 0 Å². The van der Waals surface area contributed by atoms with Crippen LogP contribution in [0.15, 0.2) is 42.0 Å². The Hall–Kier alpha value is -2.92. The van der Waals surface area contributed by atoms with Crippen LogP contribution in [0.1, 0.15) is 56.8 Å². The number of halogens is 3. The van der Waals surface area contributed by atoms with Crippen LogP contribution < -0.4 is 4.74 Å². The molecule has 7 nitrogen and oxygen atoms in total. The molecule has 2 aliphatic heterocycles. The maximum atomic E-state index is 15.9. The molecule has 0 saturated carbocycles. The van der Waals surface area contributed by atoms with Gasteiger partial charge >= 0.3 is 5.97 Å². The highest BCUT2D eigenvalue weighted by Crippen LogP contribution is 2.50. The number of hydrogen-bond donors (Lipinski definition) is 0. The first-order valence-electron chi connectivity index (χ1n) is 16.1. The number of piperazine rings is 1. The van der Waals surface area contributed by atoms with Gasteiger partial charge in [-0.3, -0.25) is 14.7 Å². The summed E-state index contributed by atoms with van der Waals surface area (Å²) in [6.07, 6.45) is 1.30. The van der Waals surface area contributed by atoms with Crippen LogP contribution in [0.5, 0.6) is 5.75 Å². The molecule has 0 unspecified atom stereocenters. The molecule has 1 aliphatic carbocycles. The van der Waals surface area contributed by atoms with Gasteiger partial charge < -0.3 is 14.2 Å². The molecule has 0 N–H and O–H groups in total. The molecule has 3 aliphatic rings. The zero-order valence-corrected chi connectivity index (χ0v) is 26.9. The fourth-order valence-corrected chi connectivity index (χ4v) is 6.83. The number of carbonyl (C=O) groups excluding carboxylic acids is 1. The van der Waals surface area contributed by atoms with E-state index in [1.165, 1.54) is 26.0 Å². The van der Waals surface area contributed by atoms with Gasteiger partial charge in [-0.15, -0.1) is 0 Å². The maximum absolute atomic E-state index is 15.9. The number of benzene rings is 2. The van der Waals surface area contributed by atoms with Crippen molar-refractivity contribution in [1.82, 2.24) is 14.7 Å². The lowest BCUT2D eigenvalue weighted by Crippen LogP contribution is -2.48. The second kappa shape index (κ2) is 14.7. The first kappa shape index (κ1) is 33.4. The van der Waals surface area contributed by atoms with Gasteiger partial charge in [0.15, 0.2) is 0 Å². The normalized spacial score (nSPS) is 21.1. The van der Waals surface area contributed by atoms with Gasteiger partial charge in [-0.2, -0.15) is 0 Å². The molecule has 0 spiro atoms. The Bertz CT molecular complexity index is 1350. The van der Waals surface area contributed by atoms with Gasteiger partial charge in [-0.25, -0.2) is 18.0 Å². The smallest absolute Gasteiger partial charge is 0.332 e. The van der Waals surface area contributed by atoms with Crippen molar-refractivity contribution in [2.75, 3.05) is 72.2 Å². The van der Waals surface area contributed by atoms with Crippen molar-refractivity contribution in [3.63, 3.8) is 0 Å². The number of nitrogens with zero attached hydrogens (tertiary/aromatic N) is 3. The highest BCUT2D eigenvalue weighted by molar-refractivity contribution is 5.79. The summed E-state index contributed by atoms with van der Waals surface area (Å²) in [6.45, 7) is 12.7. The summed E-state index contributed by atoms with van der Waals surface area (Å²) in [7, 11) is 0. The van der Waals surface area contributed by atoms with E-state index >= 15 is 13.2 Å². The Morgan fingerprint density at radius 3 is 2.29 bits per heavy atom. The Morgan fingerprint density at radius 2 is 1.64 bits per heavy atom. The van der Waals surface area contributed by atoms with E-state index in [4.69, 9.17) is 14.2 Å². The number of esters is 1. The predicted molar refractivity (Wildman–Crippen MR) is 168 cm³/mol.